The van der Waals surface area contributed by atoms with Gasteiger partial charge in [-0.05, 0) is 88.3 Å². The Morgan fingerprint density at radius 3 is 2.30 bits per heavy atom. The molecule has 1 N–H and O–H groups in total. The Hall–Kier alpha value is -2.73. The molecule has 5 nitrogen and oxygen atoms in total. The van der Waals surface area contributed by atoms with Gasteiger partial charge >= 0.3 is 0 Å². The maximum absolute atomic E-state index is 13.2. The molecule has 140 valence electrons. The zero-order valence-electron chi connectivity index (χ0n) is 16.2. The Kier molecular flexibility index (Phi) is 4.78. The molecule has 0 radical (unpaired) electrons. The summed E-state index contributed by atoms with van der Waals surface area (Å²) in [6.45, 7) is 10.1. The van der Waals surface area contributed by atoms with E-state index in [1.54, 1.807) is 6.08 Å². The van der Waals surface area contributed by atoms with Crippen LogP contribution in [0.3, 0.4) is 0 Å². The number of thiocarbonyl (C=S) groups is 1. The highest BCUT2D eigenvalue weighted by Crippen LogP contribution is 2.25. The van der Waals surface area contributed by atoms with Gasteiger partial charge in [-0.25, -0.2) is 0 Å². The Morgan fingerprint density at radius 2 is 1.70 bits per heavy atom. The minimum Gasteiger partial charge on any atom is -0.343 e. The van der Waals surface area contributed by atoms with E-state index in [2.05, 4.69) is 26.1 Å². The van der Waals surface area contributed by atoms with Gasteiger partial charge in [-0.2, -0.15) is 0 Å². The van der Waals surface area contributed by atoms with Crippen LogP contribution in [0.1, 0.15) is 37.6 Å². The number of rotatable bonds is 2. The molecule has 1 aromatic heterocycles. The molecule has 0 unspecified atom stereocenters. The number of nitrogens with one attached hydrogen (secondary N) is 1. The first-order valence-electron chi connectivity index (χ1n) is 8.75. The lowest BCUT2D eigenvalue weighted by atomic mass is 10.1. The molecule has 6 heteroatoms. The van der Waals surface area contributed by atoms with Gasteiger partial charge in [-0.15, -0.1) is 0 Å². The zero-order chi connectivity index (χ0) is 19.9. The van der Waals surface area contributed by atoms with Gasteiger partial charge in [0.25, 0.3) is 11.8 Å². The van der Waals surface area contributed by atoms with E-state index in [1.807, 2.05) is 54.9 Å². The van der Waals surface area contributed by atoms with Crippen molar-refractivity contribution in [2.24, 2.45) is 0 Å². The lowest BCUT2D eigenvalue weighted by Crippen LogP contribution is -2.54. The molecule has 1 aromatic carbocycles. The van der Waals surface area contributed by atoms with Gasteiger partial charge in [0.1, 0.15) is 5.57 Å². The molecule has 0 bridgehead atoms. The predicted octanol–water partition coefficient (Wildman–Crippen LogP) is 3.69. The van der Waals surface area contributed by atoms with E-state index in [1.165, 1.54) is 4.90 Å². The van der Waals surface area contributed by atoms with Crippen LogP contribution in [0.15, 0.2) is 42.1 Å². The van der Waals surface area contributed by atoms with Crippen molar-refractivity contribution in [3.8, 4) is 0 Å². The molecule has 27 heavy (non-hydrogen) atoms. The highest BCUT2D eigenvalue weighted by Gasteiger charge is 2.35. The summed E-state index contributed by atoms with van der Waals surface area (Å²) < 4.78 is 2.02. The molecular weight excluding hydrogens is 358 g/mol. The number of aryl methyl sites for hydroxylation is 2. The summed E-state index contributed by atoms with van der Waals surface area (Å²) in [5.41, 5.74) is 3.36. The molecular formula is C21H23N3O2S. The number of benzene rings is 1. The highest BCUT2D eigenvalue weighted by atomic mass is 32.1. The fourth-order valence-corrected chi connectivity index (χ4v) is 3.52. The van der Waals surface area contributed by atoms with Crippen molar-refractivity contribution in [2.75, 3.05) is 4.90 Å². The summed E-state index contributed by atoms with van der Waals surface area (Å²) in [5.74, 6) is -0.900. The van der Waals surface area contributed by atoms with Crippen LogP contribution in [0.5, 0.6) is 0 Å². The number of aromatic nitrogens is 1. The lowest BCUT2D eigenvalue weighted by molar-refractivity contribution is -0.122. The molecule has 3 rings (SSSR count). The smallest absolute Gasteiger partial charge is 0.270 e. The third-order valence-electron chi connectivity index (χ3n) is 4.36. The number of carbonyl (C=O) groups excluding carboxylic acids is 2. The molecule has 1 aliphatic heterocycles. The van der Waals surface area contributed by atoms with Crippen LogP contribution in [-0.2, 0) is 15.1 Å². The van der Waals surface area contributed by atoms with Crippen LogP contribution in [-0.4, -0.2) is 21.5 Å². The van der Waals surface area contributed by atoms with Gasteiger partial charge in [0.05, 0.1) is 5.69 Å². The molecule has 2 aromatic rings. The number of nitrogens with zero attached hydrogens (tertiary/aromatic N) is 2. The van der Waals surface area contributed by atoms with Gasteiger partial charge in [-0.1, -0.05) is 6.07 Å². The van der Waals surface area contributed by atoms with Crippen LogP contribution in [0.4, 0.5) is 5.69 Å². The molecule has 2 amide bonds. The summed E-state index contributed by atoms with van der Waals surface area (Å²) in [7, 11) is 0. The van der Waals surface area contributed by atoms with Crippen LogP contribution in [0, 0.1) is 13.8 Å². The molecule has 1 aliphatic rings. The number of hydrogen-bond donors (Lipinski definition) is 1. The SMILES string of the molecule is Cc1cc(C)cc(N2C(=O)/C(=C\c3cccn3C(C)(C)C)C(=O)NC2=S)c1. The van der Waals surface area contributed by atoms with Crippen molar-refractivity contribution >= 4 is 40.9 Å². The quantitative estimate of drug-likeness (QED) is 0.490. The zero-order valence-corrected chi connectivity index (χ0v) is 17.0. The topological polar surface area (TPSA) is 54.3 Å². The maximum Gasteiger partial charge on any atom is 0.270 e. The van der Waals surface area contributed by atoms with E-state index >= 15 is 0 Å². The second-order valence-corrected chi connectivity index (χ2v) is 8.16. The van der Waals surface area contributed by atoms with Crippen LogP contribution < -0.4 is 10.2 Å². The Balaban J connectivity index is 2.07. The van der Waals surface area contributed by atoms with Crippen molar-refractivity contribution in [1.82, 2.24) is 9.88 Å². The number of hydrogen-bond acceptors (Lipinski definition) is 3. The molecule has 1 saturated heterocycles. The third kappa shape index (κ3) is 3.71. The summed E-state index contributed by atoms with van der Waals surface area (Å²) in [6, 6.07) is 9.56. The van der Waals surface area contributed by atoms with Crippen molar-refractivity contribution in [2.45, 2.75) is 40.2 Å². The number of carbonyl (C=O) groups is 2. The van der Waals surface area contributed by atoms with E-state index in [4.69, 9.17) is 12.2 Å². The first-order chi connectivity index (χ1) is 12.6. The predicted molar refractivity (Wildman–Crippen MR) is 112 cm³/mol. The van der Waals surface area contributed by atoms with E-state index in [0.717, 1.165) is 16.8 Å². The number of amides is 2. The van der Waals surface area contributed by atoms with Crippen molar-refractivity contribution < 1.29 is 9.59 Å². The lowest BCUT2D eigenvalue weighted by Gasteiger charge is -2.30. The van der Waals surface area contributed by atoms with E-state index in [9.17, 15) is 9.59 Å². The van der Waals surface area contributed by atoms with Crippen molar-refractivity contribution in [3.05, 3.63) is 58.9 Å². The maximum atomic E-state index is 13.2. The molecule has 0 saturated carbocycles. The van der Waals surface area contributed by atoms with Crippen molar-refractivity contribution in [1.29, 1.82) is 0 Å². The fraction of sp³-hybridized carbons (Fsp3) is 0.286. The van der Waals surface area contributed by atoms with Crippen LogP contribution in [0.25, 0.3) is 6.08 Å². The second-order valence-electron chi connectivity index (χ2n) is 7.78. The Morgan fingerprint density at radius 1 is 1.07 bits per heavy atom. The van der Waals surface area contributed by atoms with Gasteiger partial charge < -0.3 is 4.57 Å². The minimum absolute atomic E-state index is 0.0620. The van der Waals surface area contributed by atoms with Gasteiger partial charge in [0.2, 0.25) is 0 Å². The average Bonchev–Trinajstić information content (AvgIpc) is 2.98. The number of anilines is 1. The Bertz CT molecular complexity index is 959. The fourth-order valence-electron chi connectivity index (χ4n) is 3.24. The standard InChI is InChI=1S/C21H23N3O2S/c1-13-9-14(2)11-16(10-13)24-19(26)17(18(25)22-20(24)27)12-15-7-6-8-23(15)21(3,4)5/h6-12H,1-5H3,(H,22,25,27)/b17-12-. The molecule has 0 atom stereocenters. The van der Waals surface area contributed by atoms with Gasteiger partial charge in [0.15, 0.2) is 5.11 Å². The van der Waals surface area contributed by atoms with Crippen LogP contribution in [0.2, 0.25) is 0 Å². The molecule has 0 aliphatic carbocycles. The van der Waals surface area contributed by atoms with Crippen molar-refractivity contribution in [3.63, 3.8) is 0 Å². The first kappa shape index (κ1) is 19.0. The van der Waals surface area contributed by atoms with Gasteiger partial charge in [0, 0.05) is 17.4 Å². The minimum atomic E-state index is -0.479. The summed E-state index contributed by atoms with van der Waals surface area (Å²) in [6.07, 6.45) is 3.56. The summed E-state index contributed by atoms with van der Waals surface area (Å²) in [5, 5.41) is 2.73. The first-order valence-corrected chi connectivity index (χ1v) is 9.16. The molecule has 1 fully saturated rings. The summed E-state index contributed by atoms with van der Waals surface area (Å²) in [4.78, 5) is 27.0. The monoisotopic (exact) mass is 381 g/mol. The third-order valence-corrected chi connectivity index (χ3v) is 4.65. The normalized spacial score (nSPS) is 16.9. The summed E-state index contributed by atoms with van der Waals surface area (Å²) >= 11 is 5.28. The molecule has 2 heterocycles. The highest BCUT2D eigenvalue weighted by molar-refractivity contribution is 7.80. The Labute approximate surface area is 164 Å². The van der Waals surface area contributed by atoms with E-state index < -0.39 is 11.8 Å². The second kappa shape index (κ2) is 6.78. The van der Waals surface area contributed by atoms with E-state index in [-0.39, 0.29) is 16.2 Å². The largest absolute Gasteiger partial charge is 0.343 e. The van der Waals surface area contributed by atoms with Gasteiger partial charge in [-0.3, -0.25) is 19.8 Å². The average molecular weight is 382 g/mol. The van der Waals surface area contributed by atoms with E-state index in [0.29, 0.717) is 5.69 Å². The molecule has 0 spiro atoms. The van der Waals surface area contributed by atoms with Crippen LogP contribution >= 0.6 is 12.2 Å².